The lowest BCUT2D eigenvalue weighted by molar-refractivity contribution is -0.140. The molecular formula is C25H27N5O3S. The second-order valence-electron chi connectivity index (χ2n) is 8.33. The molecule has 0 aromatic heterocycles. The van der Waals surface area contributed by atoms with E-state index in [-0.39, 0.29) is 11.9 Å². The highest BCUT2D eigenvalue weighted by atomic mass is 32.1. The molecule has 1 aliphatic rings. The molecule has 0 aliphatic carbocycles. The van der Waals surface area contributed by atoms with Gasteiger partial charge in [-0.3, -0.25) is 0 Å². The van der Waals surface area contributed by atoms with Gasteiger partial charge in [0, 0.05) is 24.1 Å². The van der Waals surface area contributed by atoms with Gasteiger partial charge in [0.1, 0.15) is 0 Å². The number of nitrogens with one attached hydrogen (secondary N) is 3. The van der Waals surface area contributed by atoms with Gasteiger partial charge < -0.3 is 25.6 Å². The van der Waals surface area contributed by atoms with Crippen molar-refractivity contribution in [1.29, 1.82) is 5.26 Å². The molecule has 0 fully saturated rings. The number of thiocarbonyl (C=S) groups is 1. The summed E-state index contributed by atoms with van der Waals surface area (Å²) in [6.45, 7) is 6.13. The summed E-state index contributed by atoms with van der Waals surface area (Å²) in [5.41, 5.74) is 3.56. The van der Waals surface area contributed by atoms with Gasteiger partial charge >= 0.3 is 12.0 Å². The molecule has 1 unspecified atom stereocenters. The van der Waals surface area contributed by atoms with Crippen molar-refractivity contribution >= 4 is 40.7 Å². The lowest BCUT2D eigenvalue weighted by Crippen LogP contribution is -2.46. The minimum Gasteiger partial charge on any atom is -0.462 e. The van der Waals surface area contributed by atoms with Gasteiger partial charge in [-0.05, 0) is 61.0 Å². The number of hydrogen-bond donors (Lipinski definition) is 3. The minimum atomic E-state index is -0.472. The van der Waals surface area contributed by atoms with Gasteiger partial charge in [-0.15, -0.1) is 0 Å². The number of carbonyl (C=O) groups excluding carboxylic acids is 2. The summed E-state index contributed by atoms with van der Waals surface area (Å²) in [6.07, 6.45) is 0. The summed E-state index contributed by atoms with van der Waals surface area (Å²) < 4.78 is 5.51. The molecule has 0 spiro atoms. The van der Waals surface area contributed by atoms with Gasteiger partial charge in [0.05, 0.1) is 29.9 Å². The van der Waals surface area contributed by atoms with Crippen LogP contribution in [0.2, 0.25) is 0 Å². The van der Waals surface area contributed by atoms with Gasteiger partial charge in [-0.2, -0.15) is 5.26 Å². The average molecular weight is 478 g/mol. The van der Waals surface area contributed by atoms with Crippen LogP contribution in [-0.4, -0.2) is 35.7 Å². The standard InChI is InChI=1S/C25H27N5O3S/c1-15(2)14-33-23(31)21-16(3)30(4)25(34)29-22(21)18-8-10-19(11-9-18)27-24(32)28-20-7-5-6-17(12-20)13-26/h5-12,15,22H,14H2,1-4H3,(H,29,34)(H2,27,28,32). The first-order chi connectivity index (χ1) is 16.2. The van der Waals surface area contributed by atoms with Crippen molar-refractivity contribution in [1.82, 2.24) is 10.2 Å². The second-order valence-corrected chi connectivity index (χ2v) is 8.71. The Kier molecular flexibility index (Phi) is 7.87. The lowest BCUT2D eigenvalue weighted by atomic mass is 9.95. The molecule has 9 heteroatoms. The van der Waals surface area contributed by atoms with Gasteiger partial charge in [0.25, 0.3) is 0 Å². The maximum absolute atomic E-state index is 12.9. The third-order valence-corrected chi connectivity index (χ3v) is 5.66. The molecule has 2 aromatic rings. The van der Waals surface area contributed by atoms with Gasteiger partial charge in [0.15, 0.2) is 5.11 Å². The molecule has 3 rings (SSSR count). The van der Waals surface area contributed by atoms with Crippen LogP contribution in [0.15, 0.2) is 59.8 Å². The number of amides is 2. The molecule has 34 heavy (non-hydrogen) atoms. The van der Waals surface area contributed by atoms with Crippen LogP contribution in [0.25, 0.3) is 0 Å². The molecule has 8 nitrogen and oxygen atoms in total. The summed E-state index contributed by atoms with van der Waals surface area (Å²) in [5.74, 6) is -0.170. The molecule has 3 N–H and O–H groups in total. The first-order valence-electron chi connectivity index (χ1n) is 10.8. The molecule has 0 saturated carbocycles. The van der Waals surface area contributed by atoms with Crippen molar-refractivity contribution in [3.05, 3.63) is 70.9 Å². The number of esters is 1. The molecule has 2 aromatic carbocycles. The number of hydrogen-bond acceptors (Lipinski definition) is 5. The van der Waals surface area contributed by atoms with E-state index in [0.717, 1.165) is 11.3 Å². The number of benzene rings is 2. The van der Waals surface area contributed by atoms with Crippen LogP contribution in [-0.2, 0) is 9.53 Å². The number of rotatable bonds is 6. The predicted molar refractivity (Wildman–Crippen MR) is 135 cm³/mol. The van der Waals surface area contributed by atoms with E-state index in [0.29, 0.717) is 34.2 Å². The van der Waals surface area contributed by atoms with Crippen LogP contribution in [0.5, 0.6) is 0 Å². The molecule has 0 bridgehead atoms. The van der Waals surface area contributed by atoms with Crippen LogP contribution < -0.4 is 16.0 Å². The van der Waals surface area contributed by atoms with Crippen LogP contribution >= 0.6 is 12.2 Å². The number of urea groups is 1. The number of nitrogens with zero attached hydrogens (tertiary/aromatic N) is 2. The maximum atomic E-state index is 12.9. The van der Waals surface area contributed by atoms with Crippen LogP contribution in [0.3, 0.4) is 0 Å². The van der Waals surface area contributed by atoms with Crippen LogP contribution in [0.4, 0.5) is 16.2 Å². The molecule has 0 radical (unpaired) electrons. The Morgan fingerprint density at radius 3 is 2.50 bits per heavy atom. The molecular weight excluding hydrogens is 450 g/mol. The molecule has 176 valence electrons. The van der Waals surface area contributed by atoms with E-state index in [1.807, 2.05) is 39.0 Å². The van der Waals surface area contributed by atoms with E-state index in [9.17, 15) is 9.59 Å². The zero-order valence-corrected chi connectivity index (χ0v) is 20.3. The number of anilines is 2. The molecule has 1 atom stereocenters. The Balaban J connectivity index is 1.76. The van der Waals surface area contributed by atoms with Gasteiger partial charge in [-0.25, -0.2) is 9.59 Å². The molecule has 2 amide bonds. The Morgan fingerprint density at radius 1 is 1.18 bits per heavy atom. The smallest absolute Gasteiger partial charge is 0.338 e. The van der Waals surface area contributed by atoms with E-state index in [1.165, 1.54) is 0 Å². The predicted octanol–water partition coefficient (Wildman–Crippen LogP) is 4.54. The normalized spacial score (nSPS) is 15.5. The fraction of sp³-hybridized carbons (Fsp3) is 0.280. The first-order valence-corrected chi connectivity index (χ1v) is 11.2. The molecule has 1 aliphatic heterocycles. The summed E-state index contributed by atoms with van der Waals surface area (Å²) in [7, 11) is 1.80. The highest BCUT2D eigenvalue weighted by Gasteiger charge is 2.33. The monoisotopic (exact) mass is 477 g/mol. The second kappa shape index (κ2) is 10.8. The van der Waals surface area contributed by atoms with Crippen molar-refractivity contribution in [2.75, 3.05) is 24.3 Å². The Hall–Kier alpha value is -3.90. The number of ether oxygens (including phenoxy) is 1. The van der Waals surface area contributed by atoms with Crippen LogP contribution in [0, 0.1) is 17.2 Å². The zero-order valence-electron chi connectivity index (χ0n) is 19.5. The first kappa shape index (κ1) is 24.7. The Labute approximate surface area is 204 Å². The fourth-order valence-electron chi connectivity index (χ4n) is 3.39. The summed E-state index contributed by atoms with van der Waals surface area (Å²) >= 11 is 5.43. The quantitative estimate of drug-likeness (QED) is 0.414. The van der Waals surface area contributed by atoms with Crippen LogP contribution in [0.1, 0.15) is 37.9 Å². The zero-order chi connectivity index (χ0) is 24.8. The molecule has 0 saturated heterocycles. The van der Waals surface area contributed by atoms with Gasteiger partial charge in [0.2, 0.25) is 0 Å². The maximum Gasteiger partial charge on any atom is 0.338 e. The van der Waals surface area contributed by atoms with Crippen molar-refractivity contribution in [3.63, 3.8) is 0 Å². The summed E-state index contributed by atoms with van der Waals surface area (Å²) in [6, 6.07) is 14.9. The highest BCUT2D eigenvalue weighted by Crippen LogP contribution is 2.31. The third-order valence-electron chi connectivity index (χ3n) is 5.27. The minimum absolute atomic E-state index is 0.220. The van der Waals surface area contributed by atoms with Crippen molar-refractivity contribution in [2.24, 2.45) is 5.92 Å². The molecule has 1 heterocycles. The largest absolute Gasteiger partial charge is 0.462 e. The summed E-state index contributed by atoms with van der Waals surface area (Å²) in [5, 5.41) is 18.2. The number of nitriles is 1. The average Bonchev–Trinajstić information content (AvgIpc) is 2.81. The fourth-order valence-corrected chi connectivity index (χ4v) is 3.64. The van der Waals surface area contributed by atoms with E-state index in [2.05, 4.69) is 16.0 Å². The SMILES string of the molecule is CC1=C(C(=O)OCC(C)C)C(c2ccc(NC(=O)Nc3cccc(C#N)c3)cc2)NC(=S)N1C. The van der Waals surface area contributed by atoms with Crippen molar-refractivity contribution in [3.8, 4) is 6.07 Å². The lowest BCUT2D eigenvalue weighted by Gasteiger charge is -2.35. The number of allylic oxidation sites excluding steroid dienone is 1. The van der Waals surface area contributed by atoms with E-state index >= 15 is 0 Å². The topological polar surface area (TPSA) is 106 Å². The number of carbonyl (C=O) groups is 2. The van der Waals surface area contributed by atoms with Crippen molar-refractivity contribution < 1.29 is 14.3 Å². The summed E-state index contributed by atoms with van der Waals surface area (Å²) in [4.78, 5) is 27.0. The third kappa shape index (κ3) is 5.91. The Bertz CT molecular complexity index is 1170. The van der Waals surface area contributed by atoms with E-state index in [4.69, 9.17) is 22.2 Å². The van der Waals surface area contributed by atoms with Gasteiger partial charge in [-0.1, -0.05) is 32.0 Å². The Morgan fingerprint density at radius 2 is 1.85 bits per heavy atom. The van der Waals surface area contributed by atoms with E-state index < -0.39 is 12.1 Å². The van der Waals surface area contributed by atoms with E-state index in [1.54, 1.807) is 48.3 Å². The highest BCUT2D eigenvalue weighted by molar-refractivity contribution is 7.80. The van der Waals surface area contributed by atoms with Crippen molar-refractivity contribution in [2.45, 2.75) is 26.8 Å².